The highest BCUT2D eigenvalue weighted by Gasteiger charge is 2.18. The number of carbonyl (C=O) groups is 2. The number of para-hydroxylation sites is 2. The summed E-state index contributed by atoms with van der Waals surface area (Å²) in [6, 6.07) is 24.7. The summed E-state index contributed by atoms with van der Waals surface area (Å²) in [6.45, 7) is 1.85. The first-order valence-corrected chi connectivity index (χ1v) is 11.7. The van der Waals surface area contributed by atoms with Gasteiger partial charge in [-0.1, -0.05) is 48.5 Å². The number of nitrogens with zero attached hydrogens (tertiary/aromatic N) is 2. The van der Waals surface area contributed by atoms with Gasteiger partial charge in [0.05, 0.1) is 22.9 Å². The van der Waals surface area contributed by atoms with Gasteiger partial charge in [-0.2, -0.15) is 5.26 Å². The SMILES string of the molecule is COC(=O)c1ccc(/C=c2\s/c(=C(/C#N)C(=O)Nc3ccccc3C)n(-c3ccccc3)c2=O)cc1. The van der Waals surface area contributed by atoms with Crippen LogP contribution in [0.1, 0.15) is 21.5 Å². The standard InChI is InChI=1S/C28H21N3O4S/c1-18-8-6-7-11-23(18)30-25(32)22(17-29)27-31(21-9-4-3-5-10-21)26(33)24(36-27)16-19-12-14-20(15-13-19)28(34)35-2/h3-16H,1-2H3,(H,30,32)/b24-16-,27-22-. The summed E-state index contributed by atoms with van der Waals surface area (Å²) in [6.07, 6.45) is 1.66. The Labute approximate surface area is 210 Å². The molecule has 0 saturated heterocycles. The number of amides is 1. The predicted octanol–water partition coefficient (Wildman–Crippen LogP) is 3.14. The maximum absolute atomic E-state index is 13.5. The molecule has 0 bridgehead atoms. The van der Waals surface area contributed by atoms with Gasteiger partial charge in [0.2, 0.25) is 0 Å². The number of aromatic nitrogens is 1. The Kier molecular flexibility index (Phi) is 7.23. The van der Waals surface area contributed by atoms with Crippen molar-refractivity contribution in [1.29, 1.82) is 5.26 Å². The van der Waals surface area contributed by atoms with Crippen LogP contribution in [0, 0.1) is 18.3 Å². The number of nitrogens with one attached hydrogen (secondary N) is 1. The number of esters is 1. The van der Waals surface area contributed by atoms with E-state index >= 15 is 0 Å². The van der Waals surface area contributed by atoms with E-state index in [4.69, 9.17) is 4.74 Å². The van der Waals surface area contributed by atoms with Gasteiger partial charge in [0.15, 0.2) is 5.57 Å². The molecular weight excluding hydrogens is 474 g/mol. The molecule has 4 rings (SSSR count). The van der Waals surface area contributed by atoms with Gasteiger partial charge >= 0.3 is 5.97 Å². The summed E-state index contributed by atoms with van der Waals surface area (Å²) in [5, 5.41) is 12.7. The highest BCUT2D eigenvalue weighted by Crippen LogP contribution is 2.14. The molecule has 8 heteroatoms. The second kappa shape index (κ2) is 10.7. The number of aryl methyl sites for hydroxylation is 1. The summed E-state index contributed by atoms with van der Waals surface area (Å²) in [7, 11) is 1.31. The van der Waals surface area contributed by atoms with Gasteiger partial charge in [0.25, 0.3) is 11.5 Å². The number of hydrogen-bond donors (Lipinski definition) is 1. The molecule has 0 aliphatic heterocycles. The molecule has 0 spiro atoms. The number of carbonyl (C=O) groups excluding carboxylic acids is 2. The summed E-state index contributed by atoms with van der Waals surface area (Å²) in [4.78, 5) is 38.4. The third-order valence-electron chi connectivity index (χ3n) is 5.41. The smallest absolute Gasteiger partial charge is 0.337 e. The van der Waals surface area contributed by atoms with Gasteiger partial charge in [-0.15, -0.1) is 11.3 Å². The number of rotatable bonds is 5. The number of anilines is 1. The van der Waals surface area contributed by atoms with Gasteiger partial charge in [0, 0.05) is 5.69 Å². The van der Waals surface area contributed by atoms with Crippen LogP contribution in [-0.4, -0.2) is 23.6 Å². The molecule has 36 heavy (non-hydrogen) atoms. The zero-order valence-electron chi connectivity index (χ0n) is 19.5. The molecule has 1 amide bonds. The Hall–Kier alpha value is -4.74. The quantitative estimate of drug-likeness (QED) is 0.429. The Bertz CT molecular complexity index is 1660. The Morgan fingerprint density at radius 1 is 1.00 bits per heavy atom. The number of methoxy groups -OCH3 is 1. The van der Waals surface area contributed by atoms with Crippen molar-refractivity contribution in [1.82, 2.24) is 4.57 Å². The minimum absolute atomic E-state index is 0.176. The van der Waals surface area contributed by atoms with Crippen molar-refractivity contribution in [3.8, 4) is 11.8 Å². The molecule has 1 heterocycles. The van der Waals surface area contributed by atoms with E-state index in [1.165, 1.54) is 11.7 Å². The van der Waals surface area contributed by atoms with Gasteiger partial charge in [0.1, 0.15) is 10.7 Å². The number of benzene rings is 3. The maximum atomic E-state index is 13.5. The first-order valence-electron chi connectivity index (χ1n) is 10.9. The van der Waals surface area contributed by atoms with Gasteiger partial charge in [-0.25, -0.2) is 4.79 Å². The van der Waals surface area contributed by atoms with Crippen LogP contribution < -0.4 is 20.1 Å². The fourth-order valence-electron chi connectivity index (χ4n) is 3.54. The summed E-state index contributed by atoms with van der Waals surface area (Å²) in [5.74, 6) is -1.06. The molecule has 3 aromatic carbocycles. The van der Waals surface area contributed by atoms with Gasteiger partial charge < -0.3 is 10.1 Å². The fraction of sp³-hybridized carbons (Fsp3) is 0.0714. The van der Waals surface area contributed by atoms with Crippen LogP contribution in [0.5, 0.6) is 0 Å². The van der Waals surface area contributed by atoms with Gasteiger partial charge in [-0.3, -0.25) is 14.2 Å². The predicted molar refractivity (Wildman–Crippen MR) is 139 cm³/mol. The van der Waals surface area contributed by atoms with E-state index in [1.54, 1.807) is 66.7 Å². The Balaban J connectivity index is 1.91. The van der Waals surface area contributed by atoms with Crippen LogP contribution in [0.3, 0.4) is 0 Å². The highest BCUT2D eigenvalue weighted by atomic mass is 32.1. The monoisotopic (exact) mass is 495 g/mol. The molecule has 0 radical (unpaired) electrons. The van der Waals surface area contributed by atoms with E-state index < -0.39 is 11.9 Å². The Morgan fingerprint density at radius 3 is 2.31 bits per heavy atom. The van der Waals surface area contributed by atoms with Crippen LogP contribution in [0.25, 0.3) is 17.3 Å². The van der Waals surface area contributed by atoms with E-state index in [-0.39, 0.29) is 15.8 Å². The lowest BCUT2D eigenvalue weighted by Crippen LogP contribution is -2.32. The number of ether oxygens (including phenoxy) is 1. The van der Waals surface area contributed by atoms with E-state index in [2.05, 4.69) is 5.32 Å². The first kappa shape index (κ1) is 24.4. The molecule has 0 saturated carbocycles. The number of hydrogen-bond acceptors (Lipinski definition) is 6. The minimum atomic E-state index is -0.605. The van der Waals surface area contributed by atoms with Crippen molar-refractivity contribution >= 4 is 40.5 Å². The van der Waals surface area contributed by atoms with Crippen molar-refractivity contribution in [2.75, 3.05) is 12.4 Å². The van der Waals surface area contributed by atoms with Crippen LogP contribution in [0.15, 0.2) is 83.7 Å². The summed E-state index contributed by atoms with van der Waals surface area (Å²) < 4.78 is 6.64. The van der Waals surface area contributed by atoms with E-state index in [9.17, 15) is 19.6 Å². The Morgan fingerprint density at radius 2 is 1.67 bits per heavy atom. The van der Waals surface area contributed by atoms with Crippen LogP contribution in [-0.2, 0) is 9.53 Å². The maximum Gasteiger partial charge on any atom is 0.337 e. The third kappa shape index (κ3) is 5.02. The molecule has 178 valence electrons. The van der Waals surface area contributed by atoms with Crippen LogP contribution >= 0.6 is 11.3 Å². The number of thiazole rings is 1. The molecule has 0 aliphatic carbocycles. The first-order chi connectivity index (χ1) is 17.4. The summed E-state index contributed by atoms with van der Waals surface area (Å²) >= 11 is 1.05. The largest absolute Gasteiger partial charge is 0.465 e. The van der Waals surface area contributed by atoms with Crippen molar-refractivity contribution in [3.63, 3.8) is 0 Å². The summed E-state index contributed by atoms with van der Waals surface area (Å²) in [5.41, 5.74) is 2.48. The van der Waals surface area contributed by atoms with E-state index in [1.807, 2.05) is 31.2 Å². The fourth-order valence-corrected chi connectivity index (χ4v) is 4.64. The van der Waals surface area contributed by atoms with Gasteiger partial charge in [-0.05, 0) is 54.5 Å². The topological polar surface area (TPSA) is 101 Å². The molecule has 7 nitrogen and oxygen atoms in total. The average Bonchev–Trinajstić information content (AvgIpc) is 3.21. The second-order valence-corrected chi connectivity index (χ2v) is 8.79. The van der Waals surface area contributed by atoms with Crippen molar-refractivity contribution < 1.29 is 14.3 Å². The van der Waals surface area contributed by atoms with Crippen molar-refractivity contribution in [2.24, 2.45) is 0 Å². The zero-order valence-corrected chi connectivity index (χ0v) is 20.3. The van der Waals surface area contributed by atoms with Crippen LogP contribution in [0.2, 0.25) is 0 Å². The lowest BCUT2D eigenvalue weighted by molar-refractivity contribution is -0.111. The van der Waals surface area contributed by atoms with E-state index in [0.29, 0.717) is 27.0 Å². The second-order valence-electron chi connectivity index (χ2n) is 7.76. The highest BCUT2D eigenvalue weighted by molar-refractivity contribution is 7.07. The molecule has 0 atom stereocenters. The molecule has 0 fully saturated rings. The average molecular weight is 496 g/mol. The molecular formula is C28H21N3O4S. The molecule has 1 aromatic heterocycles. The van der Waals surface area contributed by atoms with Crippen molar-refractivity contribution in [3.05, 3.63) is 115 Å². The normalized spacial score (nSPS) is 12.0. The van der Waals surface area contributed by atoms with E-state index in [0.717, 1.165) is 16.9 Å². The molecule has 0 aliphatic rings. The van der Waals surface area contributed by atoms with Crippen LogP contribution in [0.4, 0.5) is 5.69 Å². The van der Waals surface area contributed by atoms with Crippen molar-refractivity contribution in [2.45, 2.75) is 6.92 Å². The third-order valence-corrected chi connectivity index (χ3v) is 6.51. The lowest BCUT2D eigenvalue weighted by Gasteiger charge is -2.08. The molecule has 1 N–H and O–H groups in total. The zero-order chi connectivity index (χ0) is 25.7. The molecule has 0 unspecified atom stereocenters. The number of nitriles is 1. The minimum Gasteiger partial charge on any atom is -0.465 e. The lowest BCUT2D eigenvalue weighted by atomic mass is 10.1. The molecule has 4 aromatic rings.